The average Bonchev–Trinajstić information content (AvgIpc) is 1.90. The number of thiol groups is 1. The Balaban J connectivity index is 2.40. The molecule has 9 heavy (non-hydrogen) atoms. The van der Waals surface area contributed by atoms with E-state index in [0.29, 0.717) is 6.54 Å². The Morgan fingerprint density at radius 2 is 2.22 bits per heavy atom. The summed E-state index contributed by atoms with van der Waals surface area (Å²) < 4.78 is 20.7. The van der Waals surface area contributed by atoms with Crippen molar-refractivity contribution in [2.75, 3.05) is 13.1 Å². The third kappa shape index (κ3) is 1.95. The lowest BCUT2D eigenvalue weighted by molar-refractivity contribution is 0.506. The van der Waals surface area contributed by atoms with Gasteiger partial charge in [0, 0.05) is 6.54 Å². The SMILES string of the molecule is O=[SH](=O)[C@H]1CCCNC1. The monoisotopic (exact) mass is 149 g/mol. The molecule has 4 heteroatoms. The molecule has 0 aliphatic carbocycles. The molecule has 1 fully saturated rings. The minimum atomic E-state index is -2.18. The molecule has 54 valence electrons. The van der Waals surface area contributed by atoms with Crippen molar-refractivity contribution in [3.63, 3.8) is 0 Å². The Bertz CT molecular complexity index is 141. The van der Waals surface area contributed by atoms with Crippen molar-refractivity contribution in [2.45, 2.75) is 18.1 Å². The Kier molecular flexibility index (Phi) is 2.48. The largest absolute Gasteiger partial charge is 0.315 e. The first-order chi connectivity index (χ1) is 4.30. The lowest BCUT2D eigenvalue weighted by atomic mass is 10.2. The highest BCUT2D eigenvalue weighted by Crippen LogP contribution is 2.03. The number of hydrogen-bond donors (Lipinski definition) is 2. The van der Waals surface area contributed by atoms with E-state index in [1.54, 1.807) is 0 Å². The van der Waals surface area contributed by atoms with Gasteiger partial charge in [-0.3, -0.25) is 0 Å². The van der Waals surface area contributed by atoms with E-state index in [-0.39, 0.29) is 5.25 Å². The van der Waals surface area contributed by atoms with Gasteiger partial charge in [0.1, 0.15) is 10.7 Å². The van der Waals surface area contributed by atoms with Gasteiger partial charge in [0.05, 0.1) is 5.25 Å². The van der Waals surface area contributed by atoms with Crippen molar-refractivity contribution < 1.29 is 8.42 Å². The molecule has 1 heterocycles. The fourth-order valence-corrected chi connectivity index (χ4v) is 1.68. The van der Waals surface area contributed by atoms with Crippen LogP contribution in [0.25, 0.3) is 0 Å². The van der Waals surface area contributed by atoms with Crippen LogP contribution in [0.3, 0.4) is 0 Å². The minimum Gasteiger partial charge on any atom is -0.315 e. The van der Waals surface area contributed by atoms with E-state index in [1.807, 2.05) is 0 Å². The lowest BCUT2D eigenvalue weighted by Crippen LogP contribution is -2.34. The highest BCUT2D eigenvalue weighted by Gasteiger charge is 2.14. The van der Waals surface area contributed by atoms with E-state index in [4.69, 9.17) is 0 Å². The van der Waals surface area contributed by atoms with E-state index in [2.05, 4.69) is 5.32 Å². The standard InChI is InChI=1S/C5H11NO2S/c7-9(8)5-2-1-3-6-4-5/h5-6,9H,1-4H2/t5-/m0/s1. The highest BCUT2D eigenvalue weighted by molar-refractivity contribution is 7.73. The van der Waals surface area contributed by atoms with Crippen molar-refractivity contribution in [1.29, 1.82) is 0 Å². The predicted molar refractivity (Wildman–Crippen MR) is 36.2 cm³/mol. The molecule has 0 aromatic heterocycles. The van der Waals surface area contributed by atoms with Crippen LogP contribution in [0, 0.1) is 0 Å². The zero-order valence-electron chi connectivity index (χ0n) is 5.17. The summed E-state index contributed by atoms with van der Waals surface area (Å²) in [5.74, 6) is 0. The molecule has 1 saturated heterocycles. The van der Waals surface area contributed by atoms with Crippen LogP contribution in [0.15, 0.2) is 0 Å². The number of piperidine rings is 1. The lowest BCUT2D eigenvalue weighted by Gasteiger charge is -2.16. The van der Waals surface area contributed by atoms with Crippen LogP contribution >= 0.6 is 0 Å². The van der Waals surface area contributed by atoms with Gasteiger partial charge in [-0.15, -0.1) is 0 Å². The maximum Gasteiger partial charge on any atom is 0.144 e. The quantitative estimate of drug-likeness (QED) is 0.487. The van der Waals surface area contributed by atoms with Gasteiger partial charge in [-0.25, -0.2) is 8.42 Å². The Hall–Kier alpha value is -0.0900. The van der Waals surface area contributed by atoms with Crippen molar-refractivity contribution >= 4 is 10.7 Å². The van der Waals surface area contributed by atoms with Gasteiger partial charge in [0.15, 0.2) is 0 Å². The molecule has 1 atom stereocenters. The molecular formula is C5H11NO2S. The number of rotatable bonds is 1. The van der Waals surface area contributed by atoms with Crippen LogP contribution < -0.4 is 5.32 Å². The summed E-state index contributed by atoms with van der Waals surface area (Å²) in [6, 6.07) is 0. The Morgan fingerprint density at radius 1 is 1.44 bits per heavy atom. The topological polar surface area (TPSA) is 46.2 Å². The van der Waals surface area contributed by atoms with Crippen molar-refractivity contribution in [1.82, 2.24) is 5.32 Å². The summed E-state index contributed by atoms with van der Waals surface area (Å²) in [4.78, 5) is 0. The van der Waals surface area contributed by atoms with Crippen LogP contribution in [0.4, 0.5) is 0 Å². The molecule has 0 bridgehead atoms. The molecule has 0 spiro atoms. The zero-order valence-corrected chi connectivity index (χ0v) is 6.06. The third-order valence-corrected chi connectivity index (χ3v) is 2.61. The van der Waals surface area contributed by atoms with Gasteiger partial charge in [0.2, 0.25) is 0 Å². The van der Waals surface area contributed by atoms with Crippen LogP contribution in [0.5, 0.6) is 0 Å². The molecule has 0 amide bonds. The molecule has 0 saturated carbocycles. The molecule has 0 radical (unpaired) electrons. The molecule has 1 aliphatic heterocycles. The molecule has 3 nitrogen and oxygen atoms in total. The highest BCUT2D eigenvalue weighted by atomic mass is 32.2. The van der Waals surface area contributed by atoms with Crippen molar-refractivity contribution in [3.8, 4) is 0 Å². The molecule has 1 N–H and O–H groups in total. The van der Waals surface area contributed by atoms with Gasteiger partial charge in [-0.1, -0.05) is 0 Å². The van der Waals surface area contributed by atoms with Crippen molar-refractivity contribution in [3.05, 3.63) is 0 Å². The Labute approximate surface area is 56.4 Å². The zero-order chi connectivity index (χ0) is 6.69. The predicted octanol–water partition coefficient (Wildman–Crippen LogP) is -0.650. The molecule has 1 aliphatic rings. The molecule has 1 rings (SSSR count). The van der Waals surface area contributed by atoms with E-state index < -0.39 is 10.7 Å². The van der Waals surface area contributed by atoms with Crippen LogP contribution in [-0.4, -0.2) is 26.8 Å². The van der Waals surface area contributed by atoms with Gasteiger partial charge < -0.3 is 5.32 Å². The smallest absolute Gasteiger partial charge is 0.144 e. The van der Waals surface area contributed by atoms with Crippen LogP contribution in [0.2, 0.25) is 0 Å². The van der Waals surface area contributed by atoms with Gasteiger partial charge in [-0.05, 0) is 19.4 Å². The first-order valence-electron chi connectivity index (χ1n) is 3.15. The summed E-state index contributed by atoms with van der Waals surface area (Å²) >= 11 is 0. The summed E-state index contributed by atoms with van der Waals surface area (Å²) in [5.41, 5.74) is 0. The molecule has 0 unspecified atom stereocenters. The Morgan fingerprint density at radius 3 is 2.56 bits per heavy atom. The number of hydrogen-bond acceptors (Lipinski definition) is 3. The van der Waals surface area contributed by atoms with Gasteiger partial charge in [0.25, 0.3) is 0 Å². The fraction of sp³-hybridized carbons (Fsp3) is 1.00. The van der Waals surface area contributed by atoms with Gasteiger partial charge >= 0.3 is 0 Å². The molecule has 0 aromatic rings. The second-order valence-corrected chi connectivity index (χ2v) is 3.59. The van der Waals surface area contributed by atoms with Crippen molar-refractivity contribution in [2.24, 2.45) is 0 Å². The molecule has 0 aromatic carbocycles. The van der Waals surface area contributed by atoms with E-state index in [1.165, 1.54) is 0 Å². The van der Waals surface area contributed by atoms with Crippen LogP contribution in [0.1, 0.15) is 12.8 Å². The summed E-state index contributed by atoms with van der Waals surface area (Å²) in [6.45, 7) is 1.62. The number of nitrogens with one attached hydrogen (secondary N) is 1. The second-order valence-electron chi connectivity index (χ2n) is 2.29. The maximum absolute atomic E-state index is 10.4. The van der Waals surface area contributed by atoms with E-state index in [9.17, 15) is 8.42 Å². The molecular weight excluding hydrogens is 138 g/mol. The average molecular weight is 149 g/mol. The first kappa shape index (κ1) is 7.02. The van der Waals surface area contributed by atoms with Gasteiger partial charge in [-0.2, -0.15) is 0 Å². The normalized spacial score (nSPS) is 28.8. The summed E-state index contributed by atoms with van der Waals surface area (Å²) in [5, 5.41) is 2.93. The van der Waals surface area contributed by atoms with E-state index in [0.717, 1.165) is 19.4 Å². The minimum absolute atomic E-state index is 0.103. The van der Waals surface area contributed by atoms with Crippen LogP contribution in [-0.2, 0) is 10.7 Å². The summed E-state index contributed by atoms with van der Waals surface area (Å²) in [6.07, 6.45) is 1.83. The summed E-state index contributed by atoms with van der Waals surface area (Å²) in [7, 11) is -2.18. The maximum atomic E-state index is 10.4. The fourth-order valence-electron chi connectivity index (χ4n) is 1.01. The van der Waals surface area contributed by atoms with E-state index >= 15 is 0 Å². The third-order valence-electron chi connectivity index (χ3n) is 1.57. The second kappa shape index (κ2) is 3.17. The first-order valence-corrected chi connectivity index (χ1v) is 4.39.